The minimum absolute atomic E-state index is 0.0424. The van der Waals surface area contributed by atoms with Crippen LogP contribution in [-0.2, 0) is 11.3 Å². The lowest BCUT2D eigenvalue weighted by atomic mass is 10.0. The Hall–Kier alpha value is -2.33. The van der Waals surface area contributed by atoms with E-state index < -0.39 is 6.04 Å². The number of hydrogen-bond donors (Lipinski definition) is 2. The van der Waals surface area contributed by atoms with Gasteiger partial charge in [0.05, 0.1) is 0 Å². The molecule has 0 fully saturated rings. The average Bonchev–Trinajstić information content (AvgIpc) is 2.58. The van der Waals surface area contributed by atoms with Crippen LogP contribution in [0.25, 0.3) is 0 Å². The van der Waals surface area contributed by atoms with Gasteiger partial charge in [-0.3, -0.25) is 9.59 Å². The molecule has 2 N–H and O–H groups in total. The minimum Gasteiger partial charge on any atom is -0.350 e. The Morgan fingerprint density at radius 3 is 2.32 bits per heavy atom. The zero-order chi connectivity index (χ0) is 18.4. The van der Waals surface area contributed by atoms with Crippen LogP contribution in [0.15, 0.2) is 48.5 Å². The van der Waals surface area contributed by atoms with E-state index in [0.717, 1.165) is 11.1 Å². The van der Waals surface area contributed by atoms with Gasteiger partial charge in [0.1, 0.15) is 6.04 Å². The van der Waals surface area contributed by atoms with Crippen molar-refractivity contribution in [2.24, 2.45) is 5.92 Å². The maximum Gasteiger partial charge on any atom is 0.252 e. The summed E-state index contributed by atoms with van der Waals surface area (Å²) in [6.07, 6.45) is 0. The molecule has 0 aliphatic carbocycles. The highest BCUT2D eigenvalue weighted by Crippen LogP contribution is 2.15. The number of rotatable bonds is 6. The van der Waals surface area contributed by atoms with Gasteiger partial charge in [-0.2, -0.15) is 0 Å². The third-order valence-electron chi connectivity index (χ3n) is 4.04. The smallest absolute Gasteiger partial charge is 0.252 e. The summed E-state index contributed by atoms with van der Waals surface area (Å²) in [6.45, 7) is 5.99. The molecule has 2 aromatic rings. The van der Waals surface area contributed by atoms with Crippen LogP contribution < -0.4 is 10.6 Å². The van der Waals surface area contributed by atoms with Gasteiger partial charge in [-0.15, -0.1) is 0 Å². The van der Waals surface area contributed by atoms with E-state index in [1.54, 1.807) is 12.1 Å². The molecular weight excluding hydrogens is 336 g/mol. The van der Waals surface area contributed by atoms with Crippen LogP contribution in [0, 0.1) is 12.8 Å². The summed E-state index contributed by atoms with van der Waals surface area (Å²) < 4.78 is 0. The Kier molecular flexibility index (Phi) is 6.59. The zero-order valence-electron chi connectivity index (χ0n) is 14.7. The number of carbonyl (C=O) groups excluding carboxylic acids is 2. The van der Waals surface area contributed by atoms with Gasteiger partial charge >= 0.3 is 0 Å². The third-order valence-corrected chi connectivity index (χ3v) is 4.41. The van der Waals surface area contributed by atoms with Crippen molar-refractivity contribution in [3.8, 4) is 0 Å². The van der Waals surface area contributed by atoms with Crippen molar-refractivity contribution >= 4 is 23.4 Å². The van der Waals surface area contributed by atoms with E-state index in [9.17, 15) is 9.59 Å². The van der Waals surface area contributed by atoms with Gasteiger partial charge < -0.3 is 10.6 Å². The van der Waals surface area contributed by atoms with Crippen molar-refractivity contribution in [3.63, 3.8) is 0 Å². The largest absolute Gasteiger partial charge is 0.350 e. The molecule has 0 aliphatic heterocycles. The van der Waals surface area contributed by atoms with Gasteiger partial charge in [-0.1, -0.05) is 61.8 Å². The molecule has 0 saturated carbocycles. The monoisotopic (exact) mass is 358 g/mol. The quantitative estimate of drug-likeness (QED) is 0.826. The summed E-state index contributed by atoms with van der Waals surface area (Å²) in [5.41, 5.74) is 2.29. The molecule has 0 bridgehead atoms. The molecule has 5 heteroatoms. The summed E-state index contributed by atoms with van der Waals surface area (Å²) in [5, 5.41) is 6.30. The number of hydrogen-bond acceptors (Lipinski definition) is 2. The van der Waals surface area contributed by atoms with E-state index >= 15 is 0 Å². The van der Waals surface area contributed by atoms with Gasteiger partial charge in [0, 0.05) is 17.1 Å². The van der Waals surface area contributed by atoms with Crippen LogP contribution in [0.3, 0.4) is 0 Å². The van der Waals surface area contributed by atoms with Crippen LogP contribution in [0.4, 0.5) is 0 Å². The van der Waals surface area contributed by atoms with Crippen LogP contribution >= 0.6 is 11.6 Å². The molecule has 0 radical (unpaired) electrons. The van der Waals surface area contributed by atoms with Crippen LogP contribution in [0.2, 0.25) is 5.02 Å². The van der Waals surface area contributed by atoms with Crippen LogP contribution in [0.1, 0.15) is 35.3 Å². The summed E-state index contributed by atoms with van der Waals surface area (Å²) in [6, 6.07) is 14.0. The lowest BCUT2D eigenvalue weighted by Gasteiger charge is -2.22. The summed E-state index contributed by atoms with van der Waals surface area (Å²) in [7, 11) is 0. The summed E-state index contributed by atoms with van der Waals surface area (Å²) >= 11 is 6.11. The van der Waals surface area contributed by atoms with Crippen molar-refractivity contribution in [2.75, 3.05) is 0 Å². The van der Waals surface area contributed by atoms with Crippen molar-refractivity contribution in [1.29, 1.82) is 0 Å². The maximum atomic E-state index is 12.6. The normalized spacial score (nSPS) is 11.9. The fourth-order valence-corrected chi connectivity index (χ4v) is 2.72. The molecule has 2 aromatic carbocycles. The first-order chi connectivity index (χ1) is 11.9. The fourth-order valence-electron chi connectivity index (χ4n) is 2.52. The Morgan fingerprint density at radius 1 is 1.04 bits per heavy atom. The Morgan fingerprint density at radius 2 is 1.68 bits per heavy atom. The van der Waals surface area contributed by atoms with E-state index in [4.69, 9.17) is 11.6 Å². The Bertz CT molecular complexity index is 759. The first-order valence-corrected chi connectivity index (χ1v) is 8.65. The zero-order valence-corrected chi connectivity index (χ0v) is 15.4. The first-order valence-electron chi connectivity index (χ1n) is 8.27. The molecule has 2 amide bonds. The predicted molar refractivity (Wildman–Crippen MR) is 101 cm³/mol. The van der Waals surface area contributed by atoms with Crippen LogP contribution in [0.5, 0.6) is 0 Å². The molecule has 0 saturated heterocycles. The molecule has 4 nitrogen and oxygen atoms in total. The maximum absolute atomic E-state index is 12.6. The number of benzene rings is 2. The van der Waals surface area contributed by atoms with Gasteiger partial charge in [0.2, 0.25) is 5.91 Å². The van der Waals surface area contributed by atoms with Crippen molar-refractivity contribution in [1.82, 2.24) is 10.6 Å². The SMILES string of the molecule is Cc1ccccc1C(=O)NC(C(=O)NCc1ccccc1Cl)C(C)C. The minimum atomic E-state index is -0.616. The third kappa shape index (κ3) is 5.07. The highest BCUT2D eigenvalue weighted by Gasteiger charge is 2.25. The molecule has 0 heterocycles. The number of amides is 2. The number of halogens is 1. The van der Waals surface area contributed by atoms with E-state index in [-0.39, 0.29) is 17.7 Å². The number of carbonyl (C=O) groups is 2. The summed E-state index contributed by atoms with van der Waals surface area (Å²) in [4.78, 5) is 25.1. The topological polar surface area (TPSA) is 58.2 Å². The summed E-state index contributed by atoms with van der Waals surface area (Å²) in [5.74, 6) is -0.513. The lowest BCUT2D eigenvalue weighted by molar-refractivity contribution is -0.124. The molecule has 25 heavy (non-hydrogen) atoms. The van der Waals surface area contributed by atoms with Gasteiger partial charge in [0.15, 0.2) is 0 Å². The second-order valence-electron chi connectivity index (χ2n) is 6.32. The van der Waals surface area contributed by atoms with E-state index in [1.165, 1.54) is 0 Å². The van der Waals surface area contributed by atoms with Crippen molar-refractivity contribution in [3.05, 3.63) is 70.2 Å². The van der Waals surface area contributed by atoms with Gasteiger partial charge in [0.25, 0.3) is 5.91 Å². The second kappa shape index (κ2) is 8.67. The van der Waals surface area contributed by atoms with E-state index in [2.05, 4.69) is 10.6 Å². The molecule has 0 aliphatic rings. The van der Waals surface area contributed by atoms with E-state index in [1.807, 2.05) is 57.2 Å². The Labute approximate surface area is 153 Å². The fraction of sp³-hybridized carbons (Fsp3) is 0.300. The molecule has 2 rings (SSSR count). The molecule has 0 spiro atoms. The standard InChI is InChI=1S/C20H23ClN2O2/c1-13(2)18(23-19(24)16-10-6-4-8-14(16)3)20(25)22-12-15-9-5-7-11-17(15)21/h4-11,13,18H,12H2,1-3H3,(H,22,25)(H,23,24). The highest BCUT2D eigenvalue weighted by molar-refractivity contribution is 6.31. The van der Waals surface area contributed by atoms with Crippen LogP contribution in [-0.4, -0.2) is 17.9 Å². The number of aryl methyl sites for hydroxylation is 1. The molecule has 0 aromatic heterocycles. The number of nitrogens with one attached hydrogen (secondary N) is 2. The van der Waals surface area contributed by atoms with Crippen molar-refractivity contribution < 1.29 is 9.59 Å². The highest BCUT2D eigenvalue weighted by atomic mass is 35.5. The molecule has 1 atom stereocenters. The van der Waals surface area contributed by atoms with Gasteiger partial charge in [-0.25, -0.2) is 0 Å². The van der Waals surface area contributed by atoms with Gasteiger partial charge in [-0.05, 0) is 36.1 Å². The average molecular weight is 359 g/mol. The molecule has 1 unspecified atom stereocenters. The first kappa shape index (κ1) is 19.0. The molecular formula is C20H23ClN2O2. The molecule has 132 valence electrons. The van der Waals surface area contributed by atoms with Crippen molar-refractivity contribution in [2.45, 2.75) is 33.4 Å². The second-order valence-corrected chi connectivity index (χ2v) is 6.73. The Balaban J connectivity index is 2.04. The predicted octanol–water partition coefficient (Wildman–Crippen LogP) is 3.72. The van der Waals surface area contributed by atoms with E-state index in [0.29, 0.717) is 17.1 Å². The lowest BCUT2D eigenvalue weighted by Crippen LogP contribution is -2.49.